The van der Waals surface area contributed by atoms with E-state index >= 15 is 0 Å². The Labute approximate surface area is 113 Å². The second-order valence-electron chi connectivity index (χ2n) is 5.20. The van der Waals surface area contributed by atoms with Crippen LogP contribution >= 0.6 is 0 Å². The first-order valence-corrected chi connectivity index (χ1v) is 10.3. The maximum absolute atomic E-state index is 5.71. The molecule has 0 aromatic heterocycles. The zero-order valence-corrected chi connectivity index (χ0v) is 14.6. The highest BCUT2D eigenvalue weighted by Gasteiger charge is 2.58. The summed E-state index contributed by atoms with van der Waals surface area (Å²) in [6.45, 7) is 5.29. The summed E-state index contributed by atoms with van der Waals surface area (Å²) < 4.78 is 22.8. The molecule has 0 radical (unpaired) electrons. The molecule has 1 heterocycles. The van der Waals surface area contributed by atoms with Crippen LogP contribution in [0.2, 0.25) is 11.2 Å². The van der Waals surface area contributed by atoms with Crippen LogP contribution in [0.5, 0.6) is 0 Å². The Hall–Kier alpha value is 0.234. The smallest absolute Gasteiger partial charge is 0.379 e. The van der Waals surface area contributed by atoms with Crippen molar-refractivity contribution in [3.05, 3.63) is 0 Å². The Morgan fingerprint density at radius 1 is 1.11 bits per heavy atom. The van der Waals surface area contributed by atoms with Crippen molar-refractivity contribution in [2.24, 2.45) is 0 Å². The molecule has 1 saturated heterocycles. The zero-order chi connectivity index (χ0) is 13.8. The highest BCUT2D eigenvalue weighted by atomic mass is 28.4. The van der Waals surface area contributed by atoms with E-state index in [1.165, 1.54) is 12.5 Å². The maximum Gasteiger partial charge on any atom is 0.504 e. The topological polar surface area (TPSA) is 49.0 Å². The number of ether oxygens (including phenoxy) is 1. The molecular weight excluding hydrogens is 266 g/mol. The van der Waals surface area contributed by atoms with E-state index in [4.69, 9.17) is 18.0 Å². The molecule has 2 atom stereocenters. The fourth-order valence-corrected chi connectivity index (χ4v) is 12.3. The molecule has 1 aliphatic rings. The van der Waals surface area contributed by atoms with E-state index < -0.39 is 17.8 Å². The number of hydrogen-bond donors (Lipinski definition) is 1. The van der Waals surface area contributed by atoms with Gasteiger partial charge < -0.3 is 23.0 Å². The molecule has 1 aliphatic heterocycles. The van der Waals surface area contributed by atoms with Gasteiger partial charge in [0.15, 0.2) is 0 Å². The number of hydrogen-bond acceptors (Lipinski definition) is 5. The van der Waals surface area contributed by atoms with Crippen LogP contribution in [0.3, 0.4) is 0 Å². The summed E-state index contributed by atoms with van der Waals surface area (Å²) in [5, 5.41) is 0.206. The third kappa shape index (κ3) is 3.03. The van der Waals surface area contributed by atoms with Gasteiger partial charge in [-0.15, -0.1) is 0 Å². The summed E-state index contributed by atoms with van der Waals surface area (Å²) in [5.41, 5.74) is -0.303. The van der Waals surface area contributed by atoms with Crippen molar-refractivity contribution in [1.82, 2.24) is 4.98 Å². The minimum absolute atomic E-state index is 0.206. The Morgan fingerprint density at radius 2 is 1.67 bits per heavy atom. The van der Waals surface area contributed by atoms with Gasteiger partial charge in [-0.25, -0.2) is 0 Å². The van der Waals surface area contributed by atoms with Gasteiger partial charge in [0.2, 0.25) is 0 Å². The lowest BCUT2D eigenvalue weighted by atomic mass is 10.2. The summed E-state index contributed by atoms with van der Waals surface area (Å²) >= 11 is 0. The quantitative estimate of drug-likeness (QED) is 0.707. The molecular formula is C11H27NO4Si2. The predicted molar refractivity (Wildman–Crippen MR) is 76.2 cm³/mol. The van der Waals surface area contributed by atoms with Crippen LogP contribution in [-0.4, -0.2) is 58.3 Å². The van der Waals surface area contributed by atoms with E-state index in [2.05, 4.69) is 18.8 Å². The molecule has 0 amide bonds. The van der Waals surface area contributed by atoms with Gasteiger partial charge in [0.1, 0.15) is 8.96 Å². The van der Waals surface area contributed by atoms with E-state index in [1.807, 2.05) is 0 Å². The molecule has 0 aliphatic carbocycles. The van der Waals surface area contributed by atoms with Gasteiger partial charge in [-0.05, 0) is 32.9 Å². The lowest BCUT2D eigenvalue weighted by Crippen LogP contribution is -2.62. The van der Waals surface area contributed by atoms with Gasteiger partial charge in [0, 0.05) is 28.4 Å². The summed E-state index contributed by atoms with van der Waals surface area (Å²) in [5.74, 6) is 0. The van der Waals surface area contributed by atoms with Gasteiger partial charge in [0.05, 0.1) is 10.8 Å². The Morgan fingerprint density at radius 3 is 2.00 bits per heavy atom. The van der Waals surface area contributed by atoms with Crippen molar-refractivity contribution >= 4 is 17.8 Å². The minimum Gasteiger partial charge on any atom is -0.379 e. The fraction of sp³-hybridized carbons (Fsp3) is 1.00. The van der Waals surface area contributed by atoms with E-state index in [-0.39, 0.29) is 10.8 Å². The molecule has 7 heteroatoms. The third-order valence-electron chi connectivity index (χ3n) is 4.01. The second kappa shape index (κ2) is 6.60. The van der Waals surface area contributed by atoms with E-state index in [0.29, 0.717) is 0 Å². The van der Waals surface area contributed by atoms with Crippen LogP contribution in [0.1, 0.15) is 20.3 Å². The second-order valence-corrected chi connectivity index (χ2v) is 11.8. The first kappa shape index (κ1) is 16.3. The van der Waals surface area contributed by atoms with Crippen LogP contribution < -0.4 is 4.98 Å². The van der Waals surface area contributed by atoms with Crippen molar-refractivity contribution in [2.45, 2.75) is 37.1 Å². The summed E-state index contributed by atoms with van der Waals surface area (Å²) in [6, 6.07) is 1.24. The molecule has 0 bridgehead atoms. The maximum atomic E-state index is 5.71. The molecule has 1 rings (SSSR count). The minimum atomic E-state index is -2.69. The van der Waals surface area contributed by atoms with Crippen molar-refractivity contribution in [3.63, 3.8) is 0 Å². The van der Waals surface area contributed by atoms with Crippen molar-refractivity contribution in [1.29, 1.82) is 0 Å². The van der Waals surface area contributed by atoms with Crippen LogP contribution in [0.15, 0.2) is 0 Å². The average Bonchev–Trinajstić information content (AvgIpc) is 2.89. The molecule has 0 spiro atoms. The monoisotopic (exact) mass is 293 g/mol. The number of nitrogens with one attached hydrogen (secondary N) is 1. The van der Waals surface area contributed by atoms with Gasteiger partial charge in [-0.1, -0.05) is 0 Å². The summed E-state index contributed by atoms with van der Waals surface area (Å²) in [7, 11) is 2.89. The Kier molecular flexibility index (Phi) is 5.97. The predicted octanol–water partition coefficient (Wildman–Crippen LogP) is 0.916. The first-order chi connectivity index (χ1) is 8.47. The first-order valence-electron chi connectivity index (χ1n) is 6.41. The number of methoxy groups -OCH3 is 1. The SMILES string of the molecule is COC(C)(C)C([SiH]1CCCN1)[Si](OC)(OC)OC. The van der Waals surface area contributed by atoms with E-state index in [1.54, 1.807) is 28.4 Å². The van der Waals surface area contributed by atoms with E-state index in [0.717, 1.165) is 6.54 Å². The summed E-state index contributed by atoms with van der Waals surface area (Å²) in [4.78, 5) is 3.66. The lowest BCUT2D eigenvalue weighted by molar-refractivity contribution is 0.00337. The standard InChI is InChI=1S/C11H27NO4Si2/c1-11(2,13-3)10(17-9-7-8-12-17)18(14-4,15-5)16-6/h10,12,17H,7-9H2,1-6H3. The van der Waals surface area contributed by atoms with E-state index in [9.17, 15) is 0 Å². The summed E-state index contributed by atoms with van der Waals surface area (Å²) in [6.07, 6.45) is 1.23. The molecule has 1 N–H and O–H groups in total. The van der Waals surface area contributed by atoms with Gasteiger partial charge in [0.25, 0.3) is 0 Å². The number of rotatable bonds is 7. The highest BCUT2D eigenvalue weighted by Crippen LogP contribution is 2.40. The van der Waals surface area contributed by atoms with Crippen LogP contribution in [0, 0.1) is 0 Å². The molecule has 0 aromatic carbocycles. The molecule has 1 fully saturated rings. The molecule has 18 heavy (non-hydrogen) atoms. The molecule has 0 saturated carbocycles. The largest absolute Gasteiger partial charge is 0.504 e. The van der Waals surface area contributed by atoms with Gasteiger partial charge in [-0.2, -0.15) is 0 Å². The molecule has 2 unspecified atom stereocenters. The average molecular weight is 294 g/mol. The highest BCUT2D eigenvalue weighted by molar-refractivity contribution is 6.81. The van der Waals surface area contributed by atoms with Crippen molar-refractivity contribution < 1.29 is 18.0 Å². The lowest BCUT2D eigenvalue weighted by Gasteiger charge is -2.43. The van der Waals surface area contributed by atoms with Crippen LogP contribution in [0.25, 0.3) is 0 Å². The fourth-order valence-electron chi connectivity index (χ4n) is 2.91. The Bertz CT molecular complexity index is 247. The van der Waals surface area contributed by atoms with Crippen LogP contribution in [0.4, 0.5) is 0 Å². The molecule has 0 aromatic rings. The van der Waals surface area contributed by atoms with Gasteiger partial charge in [-0.3, -0.25) is 0 Å². The molecule has 108 valence electrons. The third-order valence-corrected chi connectivity index (χ3v) is 13.1. The van der Waals surface area contributed by atoms with Crippen LogP contribution in [-0.2, 0) is 18.0 Å². The van der Waals surface area contributed by atoms with Crippen molar-refractivity contribution in [3.8, 4) is 0 Å². The van der Waals surface area contributed by atoms with Gasteiger partial charge >= 0.3 is 8.80 Å². The zero-order valence-electron chi connectivity index (χ0n) is 12.4. The van der Waals surface area contributed by atoms with Crippen molar-refractivity contribution in [2.75, 3.05) is 35.0 Å². The molecule has 5 nitrogen and oxygen atoms in total. The normalized spacial score (nSPS) is 23.3. The Balaban J connectivity index is 3.09.